The normalized spacial score (nSPS) is 12.9. The van der Waals surface area contributed by atoms with Crippen LogP contribution in [0.15, 0.2) is 35.1 Å². The molecule has 0 aliphatic heterocycles. The number of hydrogen-bond donors (Lipinski definition) is 2. The molecule has 2 rings (SSSR count). The van der Waals surface area contributed by atoms with Crippen LogP contribution in [-0.2, 0) is 18.3 Å². The van der Waals surface area contributed by atoms with Crippen LogP contribution in [0.1, 0.15) is 12.6 Å². The highest BCUT2D eigenvalue weighted by molar-refractivity contribution is 5.81. The number of benzene rings is 1. The molecule has 6 nitrogen and oxygen atoms in total. The molecule has 24 heavy (non-hydrogen) atoms. The van der Waals surface area contributed by atoms with E-state index in [0.29, 0.717) is 11.4 Å². The summed E-state index contributed by atoms with van der Waals surface area (Å²) in [6.45, 7) is 1.41. The second kappa shape index (κ2) is 6.42. The Morgan fingerprint density at radius 2 is 1.88 bits per heavy atom. The number of anilines is 1. The monoisotopic (exact) mass is 342 g/mol. The number of aromatic nitrogens is 2. The van der Waals surface area contributed by atoms with Gasteiger partial charge in [-0.15, -0.1) is 0 Å². The molecule has 0 aliphatic rings. The highest BCUT2D eigenvalue weighted by Crippen LogP contribution is 2.17. The van der Waals surface area contributed by atoms with Gasteiger partial charge in [-0.25, -0.2) is 4.68 Å². The Kier molecular flexibility index (Phi) is 4.72. The first-order valence-electron chi connectivity index (χ1n) is 7.12. The van der Waals surface area contributed by atoms with Crippen molar-refractivity contribution in [3.63, 3.8) is 0 Å². The number of nitrogens with zero attached hydrogens (tertiary/aromatic N) is 2. The van der Waals surface area contributed by atoms with Crippen molar-refractivity contribution in [3.8, 4) is 5.69 Å². The molecule has 0 radical (unpaired) electrons. The van der Waals surface area contributed by atoms with Crippen LogP contribution in [0.5, 0.6) is 0 Å². The lowest BCUT2D eigenvalue weighted by Crippen LogP contribution is -2.43. The zero-order valence-corrected chi connectivity index (χ0v) is 13.1. The van der Waals surface area contributed by atoms with Gasteiger partial charge in [-0.3, -0.25) is 14.3 Å². The van der Waals surface area contributed by atoms with Crippen molar-refractivity contribution in [3.05, 3.63) is 46.4 Å². The van der Waals surface area contributed by atoms with Crippen LogP contribution in [-0.4, -0.2) is 27.5 Å². The van der Waals surface area contributed by atoms with E-state index in [1.165, 1.54) is 16.3 Å². The maximum atomic E-state index is 12.3. The number of nitrogens with one attached hydrogen (secondary N) is 1. The van der Waals surface area contributed by atoms with Crippen molar-refractivity contribution in [2.24, 2.45) is 7.05 Å². The number of rotatable bonds is 4. The van der Waals surface area contributed by atoms with Gasteiger partial charge >= 0.3 is 12.1 Å². The molecule has 0 aliphatic carbocycles. The van der Waals surface area contributed by atoms with E-state index in [4.69, 9.17) is 5.73 Å². The molecule has 0 spiro atoms. The summed E-state index contributed by atoms with van der Waals surface area (Å²) in [5, 5.41) is 1.85. The summed E-state index contributed by atoms with van der Waals surface area (Å²) in [6, 6.07) is 7.85. The maximum absolute atomic E-state index is 12.3. The summed E-state index contributed by atoms with van der Waals surface area (Å²) in [5.41, 5.74) is 6.22. The minimum atomic E-state index is -4.96. The van der Waals surface area contributed by atoms with Crippen LogP contribution in [0.4, 0.5) is 18.9 Å². The molecule has 0 saturated carbocycles. The summed E-state index contributed by atoms with van der Waals surface area (Å²) in [7, 11) is 1.58. The van der Waals surface area contributed by atoms with Crippen LogP contribution in [0.3, 0.4) is 0 Å². The van der Waals surface area contributed by atoms with Crippen molar-refractivity contribution >= 4 is 11.6 Å². The molecule has 0 fully saturated rings. The summed E-state index contributed by atoms with van der Waals surface area (Å²) >= 11 is 0. The number of hydrogen-bond acceptors (Lipinski definition) is 3. The fourth-order valence-corrected chi connectivity index (χ4v) is 2.42. The van der Waals surface area contributed by atoms with Gasteiger partial charge in [-0.2, -0.15) is 13.2 Å². The molecule has 1 atom stereocenters. The standard InChI is InChI=1S/C15H17F3N4O2/c1-9(20-14(24)15(16,17)18)8-11-12(19)13(23)22(21(11)2)10-6-4-3-5-7-10/h3-7,9H,8,19H2,1-2H3,(H,20,24)/t9-/m0/s1. The predicted molar refractivity (Wildman–Crippen MR) is 82.8 cm³/mol. The minimum absolute atomic E-state index is 0.0147. The Morgan fingerprint density at radius 1 is 1.29 bits per heavy atom. The molecule has 2 aromatic rings. The predicted octanol–water partition coefficient (Wildman–Crippen LogP) is 1.37. The third-order valence-electron chi connectivity index (χ3n) is 3.56. The van der Waals surface area contributed by atoms with Gasteiger partial charge < -0.3 is 11.1 Å². The molecule has 3 N–H and O–H groups in total. The Morgan fingerprint density at radius 3 is 2.42 bits per heavy atom. The van der Waals surface area contributed by atoms with Gasteiger partial charge in [-0.1, -0.05) is 18.2 Å². The van der Waals surface area contributed by atoms with Gasteiger partial charge in [0.2, 0.25) is 0 Å². The SMILES string of the molecule is C[C@@H](Cc1c(N)c(=O)n(-c2ccccc2)n1C)NC(=O)C(F)(F)F. The zero-order chi connectivity index (χ0) is 18.1. The first-order chi connectivity index (χ1) is 11.1. The molecule has 0 unspecified atom stereocenters. The quantitative estimate of drug-likeness (QED) is 0.880. The molecule has 1 amide bonds. The fraction of sp³-hybridized carbons (Fsp3) is 0.333. The van der Waals surface area contributed by atoms with Crippen LogP contribution < -0.4 is 16.6 Å². The van der Waals surface area contributed by atoms with E-state index < -0.39 is 23.7 Å². The average molecular weight is 342 g/mol. The summed E-state index contributed by atoms with van der Waals surface area (Å²) in [5.74, 6) is -2.03. The Balaban J connectivity index is 2.30. The number of alkyl halides is 3. The van der Waals surface area contributed by atoms with Crippen LogP contribution in [0, 0.1) is 0 Å². The lowest BCUT2D eigenvalue weighted by Gasteiger charge is -2.16. The number of nitrogen functional groups attached to an aromatic ring is 1. The molecule has 9 heteroatoms. The number of carbonyl (C=O) groups is 1. The second-order valence-electron chi connectivity index (χ2n) is 5.41. The summed E-state index contributed by atoms with van der Waals surface area (Å²) in [6.07, 6.45) is -4.97. The summed E-state index contributed by atoms with van der Waals surface area (Å²) in [4.78, 5) is 23.3. The van der Waals surface area contributed by atoms with Crippen molar-refractivity contribution in [2.45, 2.75) is 25.6 Å². The molecule has 130 valence electrons. The van der Waals surface area contributed by atoms with Crippen LogP contribution in [0.2, 0.25) is 0 Å². The Bertz CT molecular complexity index is 794. The fourth-order valence-electron chi connectivity index (χ4n) is 2.42. The molecule has 1 aromatic carbocycles. The third kappa shape index (κ3) is 3.44. The molecule has 0 bridgehead atoms. The van der Waals surface area contributed by atoms with Crippen molar-refractivity contribution in [2.75, 3.05) is 5.73 Å². The Labute approximate surface area is 135 Å². The largest absolute Gasteiger partial charge is 0.471 e. The molecule has 1 heterocycles. The van der Waals surface area contributed by atoms with E-state index in [1.807, 2.05) is 5.32 Å². The second-order valence-corrected chi connectivity index (χ2v) is 5.41. The molecular formula is C15H17F3N4O2. The molecule has 1 aromatic heterocycles. The van der Waals surface area contributed by atoms with Gasteiger partial charge in [0.25, 0.3) is 5.56 Å². The highest BCUT2D eigenvalue weighted by Gasteiger charge is 2.39. The van der Waals surface area contributed by atoms with Crippen molar-refractivity contribution in [1.82, 2.24) is 14.7 Å². The number of amides is 1. The lowest BCUT2D eigenvalue weighted by atomic mass is 10.1. The van der Waals surface area contributed by atoms with E-state index in [2.05, 4.69) is 0 Å². The topological polar surface area (TPSA) is 82.1 Å². The third-order valence-corrected chi connectivity index (χ3v) is 3.56. The Hall–Kier alpha value is -2.71. The number of carbonyl (C=O) groups excluding carboxylic acids is 1. The van der Waals surface area contributed by atoms with Crippen molar-refractivity contribution in [1.29, 1.82) is 0 Å². The van der Waals surface area contributed by atoms with E-state index in [9.17, 15) is 22.8 Å². The first-order valence-corrected chi connectivity index (χ1v) is 7.12. The average Bonchev–Trinajstić information content (AvgIpc) is 2.71. The van der Waals surface area contributed by atoms with Gasteiger partial charge in [0.1, 0.15) is 5.69 Å². The highest BCUT2D eigenvalue weighted by atomic mass is 19.4. The minimum Gasteiger partial charge on any atom is -0.393 e. The lowest BCUT2D eigenvalue weighted by molar-refractivity contribution is -0.174. The molecular weight excluding hydrogens is 325 g/mol. The summed E-state index contributed by atoms with van der Waals surface area (Å²) < 4.78 is 39.7. The van der Waals surface area contributed by atoms with Crippen molar-refractivity contribution < 1.29 is 18.0 Å². The van der Waals surface area contributed by atoms with E-state index in [0.717, 1.165) is 0 Å². The number of halogens is 3. The smallest absolute Gasteiger partial charge is 0.393 e. The van der Waals surface area contributed by atoms with Gasteiger partial charge in [0.05, 0.1) is 11.4 Å². The van der Waals surface area contributed by atoms with E-state index in [1.54, 1.807) is 37.4 Å². The zero-order valence-electron chi connectivity index (χ0n) is 13.1. The maximum Gasteiger partial charge on any atom is 0.471 e. The number of para-hydroxylation sites is 1. The van der Waals surface area contributed by atoms with Gasteiger partial charge in [0.15, 0.2) is 0 Å². The van der Waals surface area contributed by atoms with E-state index >= 15 is 0 Å². The van der Waals surface area contributed by atoms with Gasteiger partial charge in [0, 0.05) is 19.5 Å². The van der Waals surface area contributed by atoms with Crippen LogP contribution >= 0.6 is 0 Å². The number of nitrogens with two attached hydrogens (primary N) is 1. The van der Waals surface area contributed by atoms with Gasteiger partial charge in [-0.05, 0) is 19.1 Å². The molecule has 0 saturated heterocycles. The first kappa shape index (κ1) is 17.6. The van der Waals surface area contributed by atoms with E-state index in [-0.39, 0.29) is 12.1 Å². The van der Waals surface area contributed by atoms with Crippen LogP contribution in [0.25, 0.3) is 5.69 Å².